The number of rotatable bonds is 7. The molecule has 1 fully saturated rings. The Kier molecular flexibility index (Phi) is 6.14. The number of halogens is 1. The molecule has 1 saturated carbocycles. The van der Waals surface area contributed by atoms with E-state index in [1.165, 1.54) is 17.5 Å². The molecule has 4 heteroatoms. The Bertz CT molecular complexity index is 662. The molecule has 0 amide bonds. The molecule has 0 heterocycles. The maximum atomic E-state index is 5.39. The fourth-order valence-corrected chi connectivity index (χ4v) is 3.41. The van der Waals surface area contributed by atoms with Crippen molar-refractivity contribution in [1.82, 2.24) is 5.32 Å². The molecule has 2 atom stereocenters. The van der Waals surface area contributed by atoms with E-state index in [9.17, 15) is 0 Å². The van der Waals surface area contributed by atoms with Gasteiger partial charge in [-0.2, -0.15) is 0 Å². The number of ether oxygens (including phenoxy) is 2. The van der Waals surface area contributed by atoms with Crippen molar-refractivity contribution < 1.29 is 9.47 Å². The summed E-state index contributed by atoms with van der Waals surface area (Å²) >= 11 is 0. The molecule has 0 aliphatic heterocycles. The monoisotopic (exact) mass is 347 g/mol. The van der Waals surface area contributed by atoms with Gasteiger partial charge in [0.2, 0.25) is 0 Å². The van der Waals surface area contributed by atoms with Gasteiger partial charge >= 0.3 is 0 Å². The van der Waals surface area contributed by atoms with Crippen LogP contribution in [0.25, 0.3) is 0 Å². The summed E-state index contributed by atoms with van der Waals surface area (Å²) in [6.07, 6.45) is 2.35. The average Bonchev–Trinajstić information content (AvgIpc) is 3.35. The maximum absolute atomic E-state index is 5.39. The fourth-order valence-electron chi connectivity index (χ4n) is 3.41. The first-order chi connectivity index (χ1) is 11.2. The van der Waals surface area contributed by atoms with Gasteiger partial charge in [-0.15, -0.1) is 12.4 Å². The van der Waals surface area contributed by atoms with Crippen LogP contribution in [0, 0.1) is 0 Å². The molecule has 0 radical (unpaired) electrons. The van der Waals surface area contributed by atoms with Crippen LogP contribution in [-0.4, -0.2) is 19.8 Å². The lowest BCUT2D eigenvalue weighted by atomic mass is 10.0. The van der Waals surface area contributed by atoms with Gasteiger partial charge in [0.1, 0.15) is 0 Å². The molecule has 1 aliphatic rings. The van der Waals surface area contributed by atoms with Crippen molar-refractivity contribution in [2.75, 3.05) is 14.2 Å². The molecule has 0 spiro atoms. The maximum Gasteiger partial charge on any atom is 0.161 e. The number of hydrogen-bond donors (Lipinski definition) is 1. The van der Waals surface area contributed by atoms with Gasteiger partial charge in [-0.3, -0.25) is 0 Å². The zero-order valence-corrected chi connectivity index (χ0v) is 15.4. The molecule has 0 aromatic heterocycles. The highest BCUT2D eigenvalue weighted by Crippen LogP contribution is 2.53. The minimum absolute atomic E-state index is 0. The van der Waals surface area contributed by atoms with Gasteiger partial charge in [0.25, 0.3) is 0 Å². The molecule has 24 heavy (non-hydrogen) atoms. The van der Waals surface area contributed by atoms with Crippen LogP contribution in [0.15, 0.2) is 48.5 Å². The Hall–Kier alpha value is -1.71. The molecule has 0 unspecified atom stereocenters. The predicted molar refractivity (Wildman–Crippen MR) is 100 cm³/mol. The summed E-state index contributed by atoms with van der Waals surface area (Å²) in [5.74, 6) is 2.18. The normalized spacial score (nSPS) is 21.7. The first-order valence-corrected chi connectivity index (χ1v) is 8.23. The van der Waals surface area contributed by atoms with E-state index in [4.69, 9.17) is 9.47 Å². The molecule has 3 rings (SSSR count). The highest BCUT2D eigenvalue weighted by atomic mass is 35.5. The van der Waals surface area contributed by atoms with Crippen molar-refractivity contribution in [1.29, 1.82) is 0 Å². The lowest BCUT2D eigenvalue weighted by molar-refractivity contribution is 0.354. The number of nitrogens with one attached hydrogen (secondary N) is 1. The smallest absolute Gasteiger partial charge is 0.161 e. The van der Waals surface area contributed by atoms with E-state index in [2.05, 4.69) is 54.7 Å². The topological polar surface area (TPSA) is 30.5 Å². The SMILES string of the molecule is CC[C@@]1(NCc2ccc(OC)c(OC)c2)C[C@H]1c1ccccc1.Cl. The quantitative estimate of drug-likeness (QED) is 0.797. The van der Waals surface area contributed by atoms with E-state index in [0.29, 0.717) is 5.92 Å². The second-order valence-corrected chi connectivity index (χ2v) is 6.22. The van der Waals surface area contributed by atoms with E-state index in [1.807, 2.05) is 6.07 Å². The van der Waals surface area contributed by atoms with E-state index >= 15 is 0 Å². The standard InChI is InChI=1S/C20H25NO2.ClH/c1-4-20(13-17(20)16-8-6-5-7-9-16)21-14-15-10-11-18(22-2)19(12-15)23-3;/h5-12,17,21H,4,13-14H2,1-3H3;1H/t17-,20+;/m0./s1. The van der Waals surface area contributed by atoms with Crippen LogP contribution < -0.4 is 14.8 Å². The molecule has 3 nitrogen and oxygen atoms in total. The lowest BCUT2D eigenvalue weighted by Crippen LogP contribution is -2.31. The van der Waals surface area contributed by atoms with Crippen LogP contribution in [-0.2, 0) is 6.54 Å². The van der Waals surface area contributed by atoms with Crippen LogP contribution in [0.1, 0.15) is 36.8 Å². The van der Waals surface area contributed by atoms with Crippen molar-refractivity contribution in [2.24, 2.45) is 0 Å². The van der Waals surface area contributed by atoms with E-state index in [1.54, 1.807) is 14.2 Å². The van der Waals surface area contributed by atoms with Crippen molar-refractivity contribution in [3.8, 4) is 11.5 Å². The van der Waals surface area contributed by atoms with Crippen molar-refractivity contribution in [3.63, 3.8) is 0 Å². The summed E-state index contributed by atoms with van der Waals surface area (Å²) in [6, 6.07) is 16.9. The molecule has 0 saturated heterocycles. The van der Waals surface area contributed by atoms with E-state index < -0.39 is 0 Å². The van der Waals surface area contributed by atoms with Crippen LogP contribution in [0.4, 0.5) is 0 Å². The number of hydrogen-bond acceptors (Lipinski definition) is 3. The van der Waals surface area contributed by atoms with Crippen molar-refractivity contribution in [2.45, 2.75) is 37.8 Å². The molecule has 2 aromatic carbocycles. The Morgan fingerprint density at radius 2 is 1.75 bits per heavy atom. The molecule has 130 valence electrons. The third-order valence-corrected chi connectivity index (χ3v) is 5.00. The van der Waals surface area contributed by atoms with Crippen LogP contribution in [0.3, 0.4) is 0 Å². The predicted octanol–water partition coefficient (Wildman–Crippen LogP) is 4.55. The minimum Gasteiger partial charge on any atom is -0.493 e. The third-order valence-electron chi connectivity index (χ3n) is 5.00. The third kappa shape index (κ3) is 3.68. The summed E-state index contributed by atoms with van der Waals surface area (Å²) < 4.78 is 10.7. The number of methoxy groups -OCH3 is 2. The molecular weight excluding hydrogens is 322 g/mol. The molecule has 2 aromatic rings. The minimum atomic E-state index is 0. The summed E-state index contributed by atoms with van der Waals surface area (Å²) in [4.78, 5) is 0. The zero-order valence-electron chi connectivity index (χ0n) is 14.5. The summed E-state index contributed by atoms with van der Waals surface area (Å²) in [6.45, 7) is 3.11. The highest BCUT2D eigenvalue weighted by Gasteiger charge is 2.52. The second kappa shape index (κ2) is 7.91. The first kappa shape index (κ1) is 18.6. The lowest BCUT2D eigenvalue weighted by Gasteiger charge is -2.18. The van der Waals surface area contributed by atoms with E-state index in [-0.39, 0.29) is 17.9 Å². The summed E-state index contributed by atoms with van der Waals surface area (Å²) in [5, 5.41) is 3.78. The highest BCUT2D eigenvalue weighted by molar-refractivity contribution is 5.85. The van der Waals surface area contributed by atoms with Crippen molar-refractivity contribution in [3.05, 3.63) is 59.7 Å². The van der Waals surface area contributed by atoms with Gasteiger partial charge in [-0.05, 0) is 36.1 Å². The van der Waals surface area contributed by atoms with Gasteiger partial charge in [-0.1, -0.05) is 43.3 Å². The van der Waals surface area contributed by atoms with Gasteiger partial charge in [0.15, 0.2) is 11.5 Å². The Labute approximate surface area is 150 Å². The zero-order chi connectivity index (χ0) is 16.3. The molecule has 1 N–H and O–H groups in total. The largest absolute Gasteiger partial charge is 0.493 e. The van der Waals surface area contributed by atoms with E-state index in [0.717, 1.165) is 24.5 Å². The summed E-state index contributed by atoms with van der Waals surface area (Å²) in [5.41, 5.74) is 2.89. The average molecular weight is 348 g/mol. The molecular formula is C20H26ClNO2. The van der Waals surface area contributed by atoms with Gasteiger partial charge in [0.05, 0.1) is 14.2 Å². The van der Waals surface area contributed by atoms with Crippen LogP contribution in [0.2, 0.25) is 0 Å². The van der Waals surface area contributed by atoms with Gasteiger partial charge in [0, 0.05) is 18.0 Å². The summed E-state index contributed by atoms with van der Waals surface area (Å²) in [7, 11) is 3.34. The number of benzene rings is 2. The van der Waals surface area contributed by atoms with Crippen LogP contribution >= 0.6 is 12.4 Å². The Morgan fingerprint density at radius 3 is 2.38 bits per heavy atom. The van der Waals surface area contributed by atoms with Gasteiger partial charge < -0.3 is 14.8 Å². The molecule has 0 bridgehead atoms. The Balaban J connectivity index is 0.00000208. The Morgan fingerprint density at radius 1 is 1.04 bits per heavy atom. The van der Waals surface area contributed by atoms with Crippen molar-refractivity contribution >= 4 is 12.4 Å². The van der Waals surface area contributed by atoms with Gasteiger partial charge in [-0.25, -0.2) is 0 Å². The van der Waals surface area contributed by atoms with Crippen LogP contribution in [0.5, 0.6) is 11.5 Å². The first-order valence-electron chi connectivity index (χ1n) is 8.23. The molecule has 1 aliphatic carbocycles. The fraction of sp³-hybridized carbons (Fsp3) is 0.400. The second-order valence-electron chi connectivity index (χ2n) is 6.22.